The molecule has 29 heavy (non-hydrogen) atoms. The number of nitrogens with one attached hydrogen (secondary N) is 1. The molecule has 1 amide bonds. The summed E-state index contributed by atoms with van der Waals surface area (Å²) in [6.07, 6.45) is 1.00. The fraction of sp³-hybridized carbons (Fsp3) is 0.174. The summed E-state index contributed by atoms with van der Waals surface area (Å²) < 4.78 is 18.7. The third-order valence-corrected chi connectivity index (χ3v) is 5.13. The maximum absolute atomic E-state index is 13.8. The minimum Gasteiger partial charge on any atom is -0.502 e. The van der Waals surface area contributed by atoms with E-state index in [0.717, 1.165) is 31.3 Å². The van der Waals surface area contributed by atoms with Crippen LogP contribution < -0.4 is 15.0 Å². The first-order valence-corrected chi connectivity index (χ1v) is 9.35. The number of hydrogen-bond acceptors (Lipinski definition) is 4. The SMILES string of the molecule is COc1cc(C(=O)Nc2ccc(N3CCc4ccccc4C3)cc2)cc(F)c1O. The molecule has 0 aromatic heterocycles. The second-order valence-corrected chi connectivity index (χ2v) is 6.95. The average Bonchev–Trinajstić information content (AvgIpc) is 2.75. The summed E-state index contributed by atoms with van der Waals surface area (Å²) in [7, 11) is 1.30. The molecular weight excluding hydrogens is 371 g/mol. The van der Waals surface area contributed by atoms with Crippen molar-refractivity contribution in [2.24, 2.45) is 0 Å². The molecule has 2 N–H and O–H groups in total. The first kappa shape index (κ1) is 18.8. The smallest absolute Gasteiger partial charge is 0.255 e. The minimum atomic E-state index is -0.907. The summed E-state index contributed by atoms with van der Waals surface area (Å²) in [6.45, 7) is 1.80. The number of benzene rings is 3. The molecule has 1 aliphatic rings. The Morgan fingerprint density at radius 2 is 1.83 bits per heavy atom. The Morgan fingerprint density at radius 3 is 2.55 bits per heavy atom. The lowest BCUT2D eigenvalue weighted by Crippen LogP contribution is -2.30. The van der Waals surface area contributed by atoms with Crippen LogP contribution in [-0.2, 0) is 13.0 Å². The molecule has 148 valence electrons. The Bertz CT molecular complexity index is 1050. The summed E-state index contributed by atoms with van der Waals surface area (Å²) in [5, 5.41) is 12.3. The van der Waals surface area contributed by atoms with E-state index >= 15 is 0 Å². The first-order valence-electron chi connectivity index (χ1n) is 9.35. The number of amides is 1. The number of methoxy groups -OCH3 is 1. The topological polar surface area (TPSA) is 61.8 Å². The molecule has 3 aromatic rings. The van der Waals surface area contributed by atoms with Crippen molar-refractivity contribution in [2.45, 2.75) is 13.0 Å². The monoisotopic (exact) mass is 392 g/mol. The molecule has 4 rings (SSSR count). The van der Waals surface area contributed by atoms with Gasteiger partial charge in [0.1, 0.15) is 0 Å². The number of nitrogens with zero attached hydrogens (tertiary/aromatic N) is 1. The van der Waals surface area contributed by atoms with E-state index in [4.69, 9.17) is 4.74 Å². The van der Waals surface area contributed by atoms with Crippen LogP contribution in [0.2, 0.25) is 0 Å². The number of anilines is 2. The maximum atomic E-state index is 13.8. The summed E-state index contributed by atoms with van der Waals surface area (Å²) in [4.78, 5) is 14.7. The molecule has 0 saturated carbocycles. The van der Waals surface area contributed by atoms with E-state index in [0.29, 0.717) is 5.69 Å². The zero-order valence-corrected chi connectivity index (χ0v) is 16.0. The molecular formula is C23H21FN2O3. The second-order valence-electron chi connectivity index (χ2n) is 6.95. The van der Waals surface area contributed by atoms with Gasteiger partial charge < -0.3 is 20.1 Å². The predicted octanol–water partition coefficient (Wildman–Crippen LogP) is 4.35. The molecule has 0 spiro atoms. The van der Waals surface area contributed by atoms with Crippen LogP contribution in [0, 0.1) is 5.82 Å². The van der Waals surface area contributed by atoms with Gasteiger partial charge in [0.15, 0.2) is 17.3 Å². The Kier molecular flexibility index (Phi) is 5.08. The number of fused-ring (bicyclic) bond motifs is 1. The van der Waals surface area contributed by atoms with Crippen molar-refractivity contribution in [3.8, 4) is 11.5 Å². The van der Waals surface area contributed by atoms with Crippen molar-refractivity contribution >= 4 is 17.3 Å². The number of phenols is 1. The van der Waals surface area contributed by atoms with Crippen molar-refractivity contribution in [1.82, 2.24) is 0 Å². The molecule has 0 unspecified atom stereocenters. The van der Waals surface area contributed by atoms with E-state index in [-0.39, 0.29) is 11.3 Å². The third kappa shape index (κ3) is 3.87. The zero-order chi connectivity index (χ0) is 20.4. The lowest BCUT2D eigenvalue weighted by molar-refractivity contribution is 0.102. The largest absolute Gasteiger partial charge is 0.502 e. The van der Waals surface area contributed by atoms with E-state index in [9.17, 15) is 14.3 Å². The number of carbonyl (C=O) groups excluding carboxylic acids is 1. The Balaban J connectivity index is 1.46. The fourth-order valence-corrected chi connectivity index (χ4v) is 3.54. The van der Waals surface area contributed by atoms with Gasteiger partial charge in [-0.3, -0.25) is 4.79 Å². The van der Waals surface area contributed by atoms with Gasteiger partial charge in [0, 0.05) is 30.0 Å². The molecule has 3 aromatic carbocycles. The highest BCUT2D eigenvalue weighted by Crippen LogP contribution is 2.31. The third-order valence-electron chi connectivity index (χ3n) is 5.13. The van der Waals surface area contributed by atoms with Crippen LogP contribution in [-0.4, -0.2) is 24.7 Å². The van der Waals surface area contributed by atoms with Gasteiger partial charge in [-0.05, 0) is 53.9 Å². The molecule has 0 atom stereocenters. The van der Waals surface area contributed by atoms with Crippen LogP contribution in [0.1, 0.15) is 21.5 Å². The number of halogens is 1. The highest BCUT2D eigenvalue weighted by molar-refractivity contribution is 6.04. The summed E-state index contributed by atoms with van der Waals surface area (Å²) in [5.41, 5.74) is 4.47. The summed E-state index contributed by atoms with van der Waals surface area (Å²) >= 11 is 0. The van der Waals surface area contributed by atoms with Crippen LogP contribution >= 0.6 is 0 Å². The Hall–Kier alpha value is -3.54. The summed E-state index contributed by atoms with van der Waals surface area (Å²) in [6, 6.07) is 18.3. The zero-order valence-electron chi connectivity index (χ0n) is 16.0. The number of rotatable bonds is 4. The number of hydrogen-bond donors (Lipinski definition) is 2. The van der Waals surface area contributed by atoms with E-state index < -0.39 is 17.5 Å². The van der Waals surface area contributed by atoms with Crippen LogP contribution in [0.3, 0.4) is 0 Å². The fourth-order valence-electron chi connectivity index (χ4n) is 3.54. The minimum absolute atomic E-state index is 0.0638. The first-order chi connectivity index (χ1) is 14.0. The van der Waals surface area contributed by atoms with Crippen LogP contribution in [0.5, 0.6) is 11.5 Å². The molecule has 0 saturated heterocycles. The molecule has 6 heteroatoms. The molecule has 0 aliphatic carbocycles. The molecule has 1 heterocycles. The summed E-state index contributed by atoms with van der Waals surface area (Å²) in [5.74, 6) is -2.09. The number of carbonyl (C=O) groups is 1. The van der Waals surface area contributed by atoms with E-state index in [1.165, 1.54) is 24.3 Å². The molecule has 0 bridgehead atoms. The van der Waals surface area contributed by atoms with E-state index in [2.05, 4.69) is 34.5 Å². The normalized spacial score (nSPS) is 13.0. The second kappa shape index (κ2) is 7.83. The highest BCUT2D eigenvalue weighted by atomic mass is 19.1. The standard InChI is InChI=1S/C23H21FN2O3/c1-29-21-13-17(12-20(24)22(21)27)23(28)25-18-6-8-19(9-7-18)26-11-10-15-4-2-3-5-16(15)14-26/h2-9,12-13,27H,10-11,14H2,1H3,(H,25,28). The van der Waals surface area contributed by atoms with Gasteiger partial charge in [-0.1, -0.05) is 24.3 Å². The highest BCUT2D eigenvalue weighted by Gasteiger charge is 2.17. The quantitative estimate of drug-likeness (QED) is 0.693. The molecule has 5 nitrogen and oxygen atoms in total. The number of phenolic OH excluding ortho intramolecular Hbond substituents is 1. The molecule has 1 aliphatic heterocycles. The maximum Gasteiger partial charge on any atom is 0.255 e. The van der Waals surface area contributed by atoms with Gasteiger partial charge in [-0.25, -0.2) is 4.39 Å². The van der Waals surface area contributed by atoms with Crippen molar-refractivity contribution in [3.63, 3.8) is 0 Å². The van der Waals surface area contributed by atoms with E-state index in [1.807, 2.05) is 24.3 Å². The van der Waals surface area contributed by atoms with Gasteiger partial charge in [-0.15, -0.1) is 0 Å². The van der Waals surface area contributed by atoms with Gasteiger partial charge in [0.2, 0.25) is 0 Å². The lowest BCUT2D eigenvalue weighted by Gasteiger charge is -2.30. The van der Waals surface area contributed by atoms with Gasteiger partial charge >= 0.3 is 0 Å². The predicted molar refractivity (Wildman–Crippen MR) is 110 cm³/mol. The van der Waals surface area contributed by atoms with Crippen LogP contribution in [0.25, 0.3) is 0 Å². The van der Waals surface area contributed by atoms with Crippen molar-refractivity contribution in [1.29, 1.82) is 0 Å². The van der Waals surface area contributed by atoms with Crippen molar-refractivity contribution in [2.75, 3.05) is 23.9 Å². The van der Waals surface area contributed by atoms with Gasteiger partial charge in [-0.2, -0.15) is 0 Å². The van der Waals surface area contributed by atoms with Crippen molar-refractivity contribution < 1.29 is 19.0 Å². The van der Waals surface area contributed by atoms with Crippen LogP contribution in [0.15, 0.2) is 60.7 Å². The van der Waals surface area contributed by atoms with Gasteiger partial charge in [0.25, 0.3) is 5.91 Å². The average molecular weight is 392 g/mol. The van der Waals surface area contributed by atoms with Crippen LogP contribution in [0.4, 0.5) is 15.8 Å². The number of ether oxygens (including phenoxy) is 1. The van der Waals surface area contributed by atoms with Gasteiger partial charge in [0.05, 0.1) is 7.11 Å². The lowest BCUT2D eigenvalue weighted by atomic mass is 9.99. The molecule has 0 radical (unpaired) electrons. The molecule has 0 fully saturated rings. The number of aromatic hydroxyl groups is 1. The Labute approximate surface area is 168 Å². The Morgan fingerprint density at radius 1 is 1.10 bits per heavy atom. The van der Waals surface area contributed by atoms with E-state index in [1.54, 1.807) is 0 Å². The van der Waals surface area contributed by atoms with Crippen molar-refractivity contribution in [3.05, 3.63) is 83.2 Å².